The summed E-state index contributed by atoms with van der Waals surface area (Å²) in [5.74, 6) is -0.645. The van der Waals surface area contributed by atoms with Crippen LogP contribution in [0.2, 0.25) is 0 Å². The van der Waals surface area contributed by atoms with E-state index in [0.29, 0.717) is 12.1 Å². The highest BCUT2D eigenvalue weighted by Gasteiger charge is 2.37. The zero-order valence-electron chi connectivity index (χ0n) is 9.16. The van der Waals surface area contributed by atoms with E-state index in [0.717, 1.165) is 0 Å². The van der Waals surface area contributed by atoms with Crippen LogP contribution in [-0.4, -0.2) is 5.88 Å². The molecule has 1 rings (SSSR count). The molecular formula is C11H9ClF6. The minimum absolute atomic E-state index is 0.0569. The molecule has 0 fully saturated rings. The van der Waals surface area contributed by atoms with Gasteiger partial charge in [0.2, 0.25) is 0 Å². The molecule has 0 amide bonds. The van der Waals surface area contributed by atoms with Crippen LogP contribution < -0.4 is 0 Å². The van der Waals surface area contributed by atoms with Crippen LogP contribution in [0, 0.1) is 0 Å². The number of rotatable bonds is 2. The summed E-state index contributed by atoms with van der Waals surface area (Å²) in [5, 5.41) is 0. The quantitative estimate of drug-likeness (QED) is 0.527. The largest absolute Gasteiger partial charge is 0.416 e. The van der Waals surface area contributed by atoms with Crippen LogP contribution in [0.5, 0.6) is 0 Å². The van der Waals surface area contributed by atoms with E-state index in [9.17, 15) is 26.3 Å². The third kappa shape index (κ3) is 3.54. The molecule has 0 saturated carbocycles. The summed E-state index contributed by atoms with van der Waals surface area (Å²) in [6.07, 6.45) is -9.63. The van der Waals surface area contributed by atoms with Gasteiger partial charge >= 0.3 is 12.4 Å². The second-order valence-electron chi connectivity index (χ2n) is 3.89. The summed E-state index contributed by atoms with van der Waals surface area (Å²) >= 11 is 5.46. The average Bonchev–Trinajstić information content (AvgIpc) is 2.25. The van der Waals surface area contributed by atoms with Crippen molar-refractivity contribution in [3.63, 3.8) is 0 Å². The van der Waals surface area contributed by atoms with Crippen molar-refractivity contribution in [1.82, 2.24) is 0 Å². The van der Waals surface area contributed by atoms with E-state index in [4.69, 9.17) is 11.6 Å². The molecule has 0 radical (unpaired) electrons. The van der Waals surface area contributed by atoms with Gasteiger partial charge in [-0.15, -0.1) is 11.6 Å². The lowest BCUT2D eigenvalue weighted by Crippen LogP contribution is -2.12. The van der Waals surface area contributed by atoms with E-state index in [1.807, 2.05) is 0 Å². The highest BCUT2D eigenvalue weighted by Crippen LogP contribution is 2.37. The van der Waals surface area contributed by atoms with Crippen molar-refractivity contribution in [3.05, 3.63) is 34.9 Å². The first-order valence-electron chi connectivity index (χ1n) is 4.91. The van der Waals surface area contributed by atoms with Gasteiger partial charge in [0.15, 0.2) is 0 Å². The van der Waals surface area contributed by atoms with Gasteiger partial charge in [-0.05, 0) is 29.7 Å². The highest BCUT2D eigenvalue weighted by atomic mass is 35.5. The van der Waals surface area contributed by atoms with Crippen LogP contribution in [0.3, 0.4) is 0 Å². The van der Waals surface area contributed by atoms with Crippen LogP contribution in [0.15, 0.2) is 18.2 Å². The molecule has 0 spiro atoms. The van der Waals surface area contributed by atoms with E-state index < -0.39 is 29.4 Å². The zero-order valence-corrected chi connectivity index (χ0v) is 9.92. The summed E-state index contributed by atoms with van der Waals surface area (Å²) in [4.78, 5) is 0. The zero-order chi connectivity index (χ0) is 14.1. The van der Waals surface area contributed by atoms with Crippen molar-refractivity contribution < 1.29 is 26.3 Å². The van der Waals surface area contributed by atoms with Crippen LogP contribution in [0.1, 0.15) is 29.5 Å². The maximum absolute atomic E-state index is 12.5. The van der Waals surface area contributed by atoms with Gasteiger partial charge < -0.3 is 0 Å². The topological polar surface area (TPSA) is 0 Å². The van der Waals surface area contributed by atoms with Gasteiger partial charge in [-0.3, -0.25) is 0 Å². The Morgan fingerprint density at radius 1 is 0.944 bits per heavy atom. The lowest BCUT2D eigenvalue weighted by molar-refractivity contribution is -0.143. The smallest absolute Gasteiger partial charge is 0.166 e. The van der Waals surface area contributed by atoms with Gasteiger partial charge in [-0.25, -0.2) is 0 Å². The maximum Gasteiger partial charge on any atom is 0.416 e. The number of benzene rings is 1. The average molecular weight is 291 g/mol. The van der Waals surface area contributed by atoms with E-state index in [-0.39, 0.29) is 17.5 Å². The number of halogens is 7. The van der Waals surface area contributed by atoms with Crippen molar-refractivity contribution in [2.75, 3.05) is 5.88 Å². The van der Waals surface area contributed by atoms with Crippen molar-refractivity contribution in [2.45, 2.75) is 25.2 Å². The normalized spacial score (nSPS) is 14.7. The monoisotopic (exact) mass is 290 g/mol. The SMILES string of the molecule is CC(CCl)c1cc(C(F)(F)F)cc(C(F)(F)F)c1. The van der Waals surface area contributed by atoms with Gasteiger partial charge in [0.25, 0.3) is 0 Å². The summed E-state index contributed by atoms with van der Waals surface area (Å²) < 4.78 is 75.0. The molecule has 18 heavy (non-hydrogen) atoms. The van der Waals surface area contributed by atoms with E-state index in [2.05, 4.69) is 0 Å². The summed E-state index contributed by atoms with van der Waals surface area (Å²) in [7, 11) is 0. The van der Waals surface area contributed by atoms with E-state index in [1.54, 1.807) is 0 Å². The second kappa shape index (κ2) is 4.99. The number of hydrogen-bond donors (Lipinski definition) is 0. The van der Waals surface area contributed by atoms with Crippen LogP contribution >= 0.6 is 11.6 Å². The van der Waals surface area contributed by atoms with E-state index in [1.165, 1.54) is 6.92 Å². The fourth-order valence-corrected chi connectivity index (χ4v) is 1.53. The maximum atomic E-state index is 12.5. The molecule has 102 valence electrons. The second-order valence-corrected chi connectivity index (χ2v) is 4.20. The Labute approximate surface area is 105 Å². The molecule has 0 N–H and O–H groups in total. The molecule has 1 aromatic carbocycles. The first-order valence-corrected chi connectivity index (χ1v) is 5.44. The van der Waals surface area contributed by atoms with Crippen LogP contribution in [0.25, 0.3) is 0 Å². The third-order valence-electron chi connectivity index (χ3n) is 2.41. The van der Waals surface area contributed by atoms with E-state index >= 15 is 0 Å². The van der Waals surface area contributed by atoms with Gasteiger partial charge in [-0.2, -0.15) is 26.3 Å². The number of hydrogen-bond acceptors (Lipinski definition) is 0. The summed E-state index contributed by atoms with van der Waals surface area (Å²) in [6, 6.07) is 1.50. The molecule has 0 aliphatic carbocycles. The molecule has 7 heteroatoms. The summed E-state index contributed by atoms with van der Waals surface area (Å²) in [6.45, 7) is 1.46. The molecule has 0 aliphatic heterocycles. The van der Waals surface area contributed by atoms with Gasteiger partial charge in [0, 0.05) is 5.88 Å². The van der Waals surface area contributed by atoms with Gasteiger partial charge in [-0.1, -0.05) is 6.92 Å². The molecule has 0 aliphatic rings. The first kappa shape index (κ1) is 15.1. The van der Waals surface area contributed by atoms with Crippen molar-refractivity contribution in [3.8, 4) is 0 Å². The van der Waals surface area contributed by atoms with Crippen molar-refractivity contribution in [1.29, 1.82) is 0 Å². The lowest BCUT2D eigenvalue weighted by atomic mass is 9.97. The molecule has 0 bridgehead atoms. The Hall–Kier alpha value is -0.910. The predicted molar refractivity (Wildman–Crippen MR) is 55.6 cm³/mol. The fraction of sp³-hybridized carbons (Fsp3) is 0.455. The molecule has 0 heterocycles. The Morgan fingerprint density at radius 3 is 1.61 bits per heavy atom. The first-order chi connectivity index (χ1) is 8.05. The molecule has 0 aromatic heterocycles. The van der Waals surface area contributed by atoms with Crippen LogP contribution in [0.4, 0.5) is 26.3 Å². The van der Waals surface area contributed by atoms with Gasteiger partial charge in [0.1, 0.15) is 0 Å². The fourth-order valence-electron chi connectivity index (χ4n) is 1.35. The molecule has 1 atom stereocenters. The number of alkyl halides is 7. The van der Waals surface area contributed by atoms with Crippen molar-refractivity contribution >= 4 is 11.6 Å². The highest BCUT2D eigenvalue weighted by molar-refractivity contribution is 6.18. The Kier molecular flexibility index (Phi) is 4.20. The molecule has 0 nitrogen and oxygen atoms in total. The minimum Gasteiger partial charge on any atom is -0.166 e. The summed E-state index contributed by atoms with van der Waals surface area (Å²) in [5.41, 5.74) is -2.71. The Balaban J connectivity index is 3.39. The minimum atomic E-state index is -4.82. The Morgan fingerprint density at radius 2 is 1.33 bits per heavy atom. The standard InChI is InChI=1S/C11H9ClF6/c1-6(5-12)7-2-8(10(13,14)15)4-9(3-7)11(16,17)18/h2-4,6H,5H2,1H3. The Bertz CT molecular complexity index is 388. The molecule has 0 saturated heterocycles. The molecular weight excluding hydrogens is 282 g/mol. The predicted octanol–water partition coefficient (Wildman–Crippen LogP) is 5.07. The van der Waals surface area contributed by atoms with Gasteiger partial charge in [0.05, 0.1) is 11.1 Å². The van der Waals surface area contributed by atoms with Crippen LogP contribution in [-0.2, 0) is 12.4 Å². The molecule has 1 aromatic rings. The van der Waals surface area contributed by atoms with Crippen molar-refractivity contribution in [2.24, 2.45) is 0 Å². The molecule has 1 unspecified atom stereocenters. The third-order valence-corrected chi connectivity index (χ3v) is 2.87. The lowest BCUT2D eigenvalue weighted by Gasteiger charge is -2.16.